The molecule has 0 aliphatic heterocycles. The summed E-state index contributed by atoms with van der Waals surface area (Å²) in [6.07, 6.45) is 0. The maximum absolute atomic E-state index is 12.3. The summed E-state index contributed by atoms with van der Waals surface area (Å²) in [6, 6.07) is 15.3. The maximum Gasteiger partial charge on any atom is 0.328 e. The van der Waals surface area contributed by atoms with Crippen molar-refractivity contribution in [1.82, 2.24) is 4.72 Å². The molecule has 5 nitrogen and oxygen atoms in total. The van der Waals surface area contributed by atoms with E-state index >= 15 is 0 Å². The number of nitrogens with one attached hydrogen (secondary N) is 1. The molecule has 1 unspecified atom stereocenters. The van der Waals surface area contributed by atoms with E-state index in [1.807, 2.05) is 0 Å². The molecular formula is C15H15NO4S. The van der Waals surface area contributed by atoms with Crippen molar-refractivity contribution in [2.75, 3.05) is 7.11 Å². The lowest BCUT2D eigenvalue weighted by Crippen LogP contribution is -2.34. The maximum atomic E-state index is 12.3. The number of benzene rings is 2. The lowest BCUT2D eigenvalue weighted by molar-refractivity contribution is -0.142. The Bertz CT molecular complexity index is 699. The molecule has 1 atom stereocenters. The van der Waals surface area contributed by atoms with Gasteiger partial charge in [0.15, 0.2) is 0 Å². The van der Waals surface area contributed by atoms with Gasteiger partial charge in [-0.1, -0.05) is 48.5 Å². The monoisotopic (exact) mass is 305 g/mol. The summed E-state index contributed by atoms with van der Waals surface area (Å²) in [5.74, 6) is -0.666. The number of hydrogen-bond acceptors (Lipinski definition) is 4. The lowest BCUT2D eigenvalue weighted by Gasteiger charge is -2.17. The predicted octanol–water partition coefficient (Wildman–Crippen LogP) is 1.88. The highest BCUT2D eigenvalue weighted by Gasteiger charge is 2.27. The minimum absolute atomic E-state index is 0.0924. The number of ether oxygens (including phenoxy) is 1. The van der Waals surface area contributed by atoms with Crippen molar-refractivity contribution >= 4 is 16.0 Å². The Labute approximate surface area is 123 Å². The van der Waals surface area contributed by atoms with Crippen molar-refractivity contribution in [2.45, 2.75) is 10.9 Å². The van der Waals surface area contributed by atoms with Gasteiger partial charge in [-0.25, -0.2) is 13.2 Å². The van der Waals surface area contributed by atoms with Gasteiger partial charge in [0, 0.05) is 0 Å². The van der Waals surface area contributed by atoms with Crippen LogP contribution in [0.2, 0.25) is 0 Å². The second-order valence-electron chi connectivity index (χ2n) is 4.30. The van der Waals surface area contributed by atoms with Crippen LogP contribution in [0.1, 0.15) is 11.6 Å². The van der Waals surface area contributed by atoms with E-state index in [1.54, 1.807) is 48.5 Å². The van der Waals surface area contributed by atoms with Crippen LogP contribution in [0.25, 0.3) is 0 Å². The first-order chi connectivity index (χ1) is 10.0. The van der Waals surface area contributed by atoms with E-state index < -0.39 is 22.0 Å². The van der Waals surface area contributed by atoms with E-state index in [0.717, 1.165) is 0 Å². The van der Waals surface area contributed by atoms with Crippen LogP contribution in [0.15, 0.2) is 65.6 Å². The van der Waals surface area contributed by atoms with Gasteiger partial charge in [0.05, 0.1) is 12.0 Å². The molecule has 0 saturated heterocycles. The number of esters is 1. The van der Waals surface area contributed by atoms with Crippen LogP contribution in [-0.2, 0) is 19.6 Å². The van der Waals surface area contributed by atoms with Crippen molar-refractivity contribution in [2.24, 2.45) is 0 Å². The smallest absolute Gasteiger partial charge is 0.328 e. The molecule has 0 spiro atoms. The van der Waals surface area contributed by atoms with E-state index in [9.17, 15) is 13.2 Å². The van der Waals surface area contributed by atoms with Crippen LogP contribution in [0.3, 0.4) is 0 Å². The Balaban J connectivity index is 2.34. The normalized spacial score (nSPS) is 12.6. The van der Waals surface area contributed by atoms with Crippen LogP contribution < -0.4 is 4.72 Å². The van der Waals surface area contributed by atoms with Gasteiger partial charge in [0.1, 0.15) is 6.04 Å². The molecule has 1 N–H and O–H groups in total. The highest BCUT2D eigenvalue weighted by Crippen LogP contribution is 2.18. The molecule has 2 aromatic carbocycles. The zero-order valence-electron chi connectivity index (χ0n) is 11.4. The molecule has 0 amide bonds. The minimum atomic E-state index is -3.81. The number of carbonyl (C=O) groups excluding carboxylic acids is 1. The van der Waals surface area contributed by atoms with Crippen LogP contribution >= 0.6 is 0 Å². The average molecular weight is 305 g/mol. The summed E-state index contributed by atoms with van der Waals surface area (Å²) < 4.78 is 31.7. The van der Waals surface area contributed by atoms with E-state index in [-0.39, 0.29) is 4.90 Å². The standard InChI is InChI=1S/C15H15NO4S/c1-20-15(17)14(12-8-4-2-5-9-12)16-21(18,19)13-10-6-3-7-11-13/h2-11,14,16H,1H3. The van der Waals surface area contributed by atoms with Gasteiger partial charge in [-0.15, -0.1) is 0 Å². The Morgan fingerprint density at radius 2 is 1.52 bits per heavy atom. The van der Waals surface area contributed by atoms with Crippen LogP contribution in [0, 0.1) is 0 Å². The topological polar surface area (TPSA) is 72.5 Å². The van der Waals surface area contributed by atoms with Crippen molar-refractivity contribution in [1.29, 1.82) is 0 Å². The van der Waals surface area contributed by atoms with Crippen molar-refractivity contribution in [3.8, 4) is 0 Å². The average Bonchev–Trinajstić information content (AvgIpc) is 2.53. The van der Waals surface area contributed by atoms with Crippen LogP contribution in [0.4, 0.5) is 0 Å². The molecule has 0 aliphatic rings. The summed E-state index contributed by atoms with van der Waals surface area (Å²) in [4.78, 5) is 12.0. The zero-order valence-corrected chi connectivity index (χ0v) is 12.2. The fourth-order valence-corrected chi connectivity index (χ4v) is 3.03. The van der Waals surface area contributed by atoms with E-state index in [0.29, 0.717) is 5.56 Å². The summed E-state index contributed by atoms with van der Waals surface area (Å²) >= 11 is 0. The highest BCUT2D eigenvalue weighted by atomic mass is 32.2. The number of rotatable bonds is 5. The summed E-state index contributed by atoms with van der Waals surface area (Å²) in [7, 11) is -2.60. The Morgan fingerprint density at radius 3 is 2.05 bits per heavy atom. The van der Waals surface area contributed by atoms with E-state index in [1.165, 1.54) is 19.2 Å². The van der Waals surface area contributed by atoms with Gasteiger partial charge in [0.2, 0.25) is 10.0 Å². The first kappa shape index (κ1) is 15.2. The van der Waals surface area contributed by atoms with Gasteiger partial charge in [-0.05, 0) is 17.7 Å². The number of sulfonamides is 1. The van der Waals surface area contributed by atoms with E-state index in [2.05, 4.69) is 9.46 Å². The molecule has 0 aliphatic carbocycles. The molecule has 21 heavy (non-hydrogen) atoms. The molecule has 0 bridgehead atoms. The van der Waals surface area contributed by atoms with Crippen molar-refractivity contribution in [3.05, 3.63) is 66.2 Å². The predicted molar refractivity (Wildman–Crippen MR) is 78.0 cm³/mol. The van der Waals surface area contributed by atoms with Gasteiger partial charge in [-0.2, -0.15) is 4.72 Å². The largest absolute Gasteiger partial charge is 0.468 e. The lowest BCUT2D eigenvalue weighted by atomic mass is 10.1. The quantitative estimate of drug-likeness (QED) is 0.856. The second kappa shape index (κ2) is 6.51. The summed E-state index contributed by atoms with van der Waals surface area (Å²) in [5.41, 5.74) is 0.517. The van der Waals surface area contributed by atoms with Gasteiger partial charge >= 0.3 is 5.97 Å². The summed E-state index contributed by atoms with van der Waals surface area (Å²) in [6.45, 7) is 0. The third-order valence-electron chi connectivity index (χ3n) is 2.90. The minimum Gasteiger partial charge on any atom is -0.468 e. The molecule has 0 aromatic heterocycles. The molecule has 0 heterocycles. The molecule has 2 aromatic rings. The number of hydrogen-bond donors (Lipinski definition) is 1. The Kier molecular flexibility index (Phi) is 4.72. The zero-order chi connectivity index (χ0) is 15.3. The fraction of sp³-hybridized carbons (Fsp3) is 0.133. The van der Waals surface area contributed by atoms with Gasteiger partial charge in [-0.3, -0.25) is 0 Å². The van der Waals surface area contributed by atoms with E-state index in [4.69, 9.17) is 0 Å². The first-order valence-corrected chi connectivity index (χ1v) is 7.73. The molecule has 110 valence electrons. The molecule has 0 fully saturated rings. The highest BCUT2D eigenvalue weighted by molar-refractivity contribution is 7.89. The number of carbonyl (C=O) groups is 1. The van der Waals surface area contributed by atoms with Crippen molar-refractivity contribution in [3.63, 3.8) is 0 Å². The molecule has 0 radical (unpaired) electrons. The Morgan fingerprint density at radius 1 is 1.00 bits per heavy atom. The SMILES string of the molecule is COC(=O)C(NS(=O)(=O)c1ccccc1)c1ccccc1. The van der Waals surface area contributed by atoms with Crippen molar-refractivity contribution < 1.29 is 17.9 Å². The second-order valence-corrected chi connectivity index (χ2v) is 6.02. The number of methoxy groups -OCH3 is 1. The third kappa shape index (κ3) is 3.68. The van der Waals surface area contributed by atoms with Crippen LogP contribution in [0.5, 0.6) is 0 Å². The molecule has 6 heteroatoms. The molecular weight excluding hydrogens is 290 g/mol. The Hall–Kier alpha value is -2.18. The molecule has 0 saturated carbocycles. The summed E-state index contributed by atoms with van der Waals surface area (Å²) in [5, 5.41) is 0. The third-order valence-corrected chi connectivity index (χ3v) is 4.34. The van der Waals surface area contributed by atoms with Gasteiger partial charge in [0.25, 0.3) is 0 Å². The molecule has 2 rings (SSSR count). The fourth-order valence-electron chi connectivity index (χ4n) is 1.84. The van der Waals surface area contributed by atoms with Gasteiger partial charge < -0.3 is 4.74 Å². The first-order valence-electron chi connectivity index (χ1n) is 6.25. The van der Waals surface area contributed by atoms with Crippen LogP contribution in [-0.4, -0.2) is 21.5 Å².